The lowest BCUT2D eigenvalue weighted by molar-refractivity contribution is 0.0746. The Morgan fingerprint density at radius 2 is 1.57 bits per heavy atom. The number of amides is 1. The largest absolute Gasteiger partial charge is 0.494 e. The van der Waals surface area contributed by atoms with Gasteiger partial charge in [-0.15, -0.1) is 0 Å². The van der Waals surface area contributed by atoms with Gasteiger partial charge in [0.1, 0.15) is 17.5 Å². The molecular weight excluding hydrogens is 385 g/mol. The Balaban J connectivity index is 1.42. The minimum absolute atomic E-state index is 0.139. The fraction of sp³-hybridized carbons (Fsp3) is 0.500. The molecule has 2 fully saturated rings. The molecule has 30 heavy (non-hydrogen) atoms. The maximum Gasteiger partial charge on any atom is 0.254 e. The summed E-state index contributed by atoms with van der Waals surface area (Å²) in [7, 11) is 1.41. The summed E-state index contributed by atoms with van der Waals surface area (Å²) in [5.41, 5.74) is 0.340. The zero-order valence-corrected chi connectivity index (χ0v) is 17.6. The van der Waals surface area contributed by atoms with Crippen LogP contribution >= 0.6 is 0 Å². The van der Waals surface area contributed by atoms with Gasteiger partial charge < -0.3 is 19.4 Å². The zero-order valence-electron chi connectivity index (χ0n) is 17.6. The van der Waals surface area contributed by atoms with E-state index in [4.69, 9.17) is 4.74 Å². The third-order valence-electron chi connectivity index (χ3n) is 5.78. The number of ether oxygens (including phenoxy) is 1. The van der Waals surface area contributed by atoms with Crippen molar-refractivity contribution < 1.29 is 13.9 Å². The SMILES string of the molecule is COc1ccc(C(=O)N2CCN(c3cc(N4CCCCC4)nc(C)n3)CC2)cc1F. The summed E-state index contributed by atoms with van der Waals surface area (Å²) in [6.07, 6.45) is 3.68. The molecule has 2 aromatic rings. The van der Waals surface area contributed by atoms with Gasteiger partial charge in [0.15, 0.2) is 11.6 Å². The van der Waals surface area contributed by atoms with Crippen molar-refractivity contribution in [1.29, 1.82) is 0 Å². The van der Waals surface area contributed by atoms with Gasteiger partial charge in [-0.1, -0.05) is 0 Å². The molecule has 4 rings (SSSR count). The molecule has 1 aromatic heterocycles. The molecular formula is C22H28FN5O2. The Labute approximate surface area is 176 Å². The predicted octanol–water partition coefficient (Wildman–Crippen LogP) is 2.89. The second kappa shape index (κ2) is 8.85. The lowest BCUT2D eigenvalue weighted by atomic mass is 10.1. The molecule has 0 spiro atoms. The van der Waals surface area contributed by atoms with Crippen molar-refractivity contribution in [2.45, 2.75) is 26.2 Å². The van der Waals surface area contributed by atoms with E-state index in [0.717, 1.165) is 30.5 Å². The van der Waals surface area contributed by atoms with Gasteiger partial charge in [0.25, 0.3) is 5.91 Å². The number of halogens is 1. The highest BCUT2D eigenvalue weighted by Gasteiger charge is 2.25. The van der Waals surface area contributed by atoms with Crippen molar-refractivity contribution in [2.75, 3.05) is 56.2 Å². The zero-order chi connectivity index (χ0) is 21.1. The summed E-state index contributed by atoms with van der Waals surface area (Å²) in [4.78, 5) is 28.3. The van der Waals surface area contributed by atoms with Crippen LogP contribution in [-0.2, 0) is 0 Å². The van der Waals surface area contributed by atoms with E-state index in [-0.39, 0.29) is 11.7 Å². The maximum absolute atomic E-state index is 14.0. The number of benzene rings is 1. The molecule has 2 aliphatic rings. The fourth-order valence-electron chi connectivity index (χ4n) is 4.10. The first-order chi connectivity index (χ1) is 14.5. The number of hydrogen-bond acceptors (Lipinski definition) is 6. The Kier molecular flexibility index (Phi) is 6.01. The van der Waals surface area contributed by atoms with Gasteiger partial charge >= 0.3 is 0 Å². The third kappa shape index (κ3) is 4.32. The highest BCUT2D eigenvalue weighted by Crippen LogP contribution is 2.24. The average Bonchev–Trinajstić information content (AvgIpc) is 2.79. The number of aryl methyl sites for hydroxylation is 1. The van der Waals surface area contributed by atoms with Gasteiger partial charge in [-0.3, -0.25) is 4.79 Å². The lowest BCUT2D eigenvalue weighted by Crippen LogP contribution is -2.49. The number of hydrogen-bond donors (Lipinski definition) is 0. The van der Waals surface area contributed by atoms with Crippen molar-refractivity contribution in [3.8, 4) is 5.75 Å². The smallest absolute Gasteiger partial charge is 0.254 e. The summed E-state index contributed by atoms with van der Waals surface area (Å²) in [5, 5.41) is 0. The quantitative estimate of drug-likeness (QED) is 0.768. The molecule has 160 valence electrons. The molecule has 1 amide bonds. The molecule has 2 aliphatic heterocycles. The van der Waals surface area contributed by atoms with Crippen molar-refractivity contribution >= 4 is 17.5 Å². The lowest BCUT2D eigenvalue weighted by Gasteiger charge is -2.36. The first-order valence-corrected chi connectivity index (χ1v) is 10.5. The van der Waals surface area contributed by atoms with E-state index in [9.17, 15) is 9.18 Å². The molecule has 1 aromatic carbocycles. The Morgan fingerprint density at radius 1 is 0.933 bits per heavy atom. The minimum atomic E-state index is -0.524. The first kappa shape index (κ1) is 20.4. The van der Waals surface area contributed by atoms with Crippen LogP contribution in [0.15, 0.2) is 24.3 Å². The van der Waals surface area contributed by atoms with E-state index in [1.807, 2.05) is 6.92 Å². The van der Waals surface area contributed by atoms with Crippen LogP contribution in [0.3, 0.4) is 0 Å². The van der Waals surface area contributed by atoms with Gasteiger partial charge in [-0.2, -0.15) is 0 Å². The number of anilines is 2. The van der Waals surface area contributed by atoms with Gasteiger partial charge in [-0.25, -0.2) is 14.4 Å². The van der Waals surface area contributed by atoms with Crippen molar-refractivity contribution in [3.05, 3.63) is 41.5 Å². The van der Waals surface area contributed by atoms with E-state index < -0.39 is 5.82 Å². The Bertz CT molecular complexity index is 908. The molecule has 7 nitrogen and oxygen atoms in total. The summed E-state index contributed by atoms with van der Waals surface area (Å²) in [6, 6.07) is 6.40. The average molecular weight is 413 g/mol. The van der Waals surface area contributed by atoms with Crippen molar-refractivity contribution in [3.63, 3.8) is 0 Å². The summed E-state index contributed by atoms with van der Waals surface area (Å²) in [5.74, 6) is 2.11. The van der Waals surface area contributed by atoms with Crippen LogP contribution in [0.2, 0.25) is 0 Å². The van der Waals surface area contributed by atoms with Crippen molar-refractivity contribution in [1.82, 2.24) is 14.9 Å². The molecule has 0 aliphatic carbocycles. The molecule has 3 heterocycles. The third-order valence-corrected chi connectivity index (χ3v) is 5.78. The summed E-state index contributed by atoms with van der Waals surface area (Å²) in [6.45, 7) is 6.49. The number of rotatable bonds is 4. The molecule has 0 radical (unpaired) electrons. The standard InChI is InChI=1S/C22H28FN5O2/c1-16-24-20(26-8-4-3-5-9-26)15-21(25-16)27-10-12-28(13-11-27)22(29)17-6-7-19(30-2)18(23)14-17/h6-7,14-15H,3-5,8-13H2,1-2H3. The molecule has 0 bridgehead atoms. The minimum Gasteiger partial charge on any atom is -0.494 e. The fourth-order valence-corrected chi connectivity index (χ4v) is 4.10. The number of carbonyl (C=O) groups excluding carboxylic acids is 1. The summed E-state index contributed by atoms with van der Waals surface area (Å²) >= 11 is 0. The van der Waals surface area contributed by atoms with Crippen LogP contribution in [0.5, 0.6) is 5.75 Å². The number of nitrogens with zero attached hydrogens (tertiary/aromatic N) is 5. The van der Waals surface area contributed by atoms with Gasteiger partial charge in [0, 0.05) is 50.9 Å². The van der Waals surface area contributed by atoms with Crippen LogP contribution in [0, 0.1) is 12.7 Å². The monoisotopic (exact) mass is 413 g/mol. The van der Waals surface area contributed by atoms with E-state index in [2.05, 4.69) is 25.8 Å². The second-order valence-electron chi connectivity index (χ2n) is 7.81. The molecule has 0 saturated carbocycles. The Hall–Kier alpha value is -2.90. The molecule has 0 N–H and O–H groups in total. The van der Waals surface area contributed by atoms with Gasteiger partial charge in [0.2, 0.25) is 0 Å². The normalized spacial score (nSPS) is 17.2. The molecule has 2 saturated heterocycles. The molecule has 8 heteroatoms. The van der Waals surface area contributed by atoms with Crippen LogP contribution in [0.4, 0.5) is 16.0 Å². The maximum atomic E-state index is 14.0. The highest BCUT2D eigenvalue weighted by molar-refractivity contribution is 5.94. The highest BCUT2D eigenvalue weighted by atomic mass is 19.1. The van der Waals surface area contributed by atoms with E-state index in [1.54, 1.807) is 11.0 Å². The number of piperidine rings is 1. The van der Waals surface area contributed by atoms with E-state index >= 15 is 0 Å². The van der Waals surface area contributed by atoms with Crippen molar-refractivity contribution in [2.24, 2.45) is 0 Å². The summed E-state index contributed by atoms with van der Waals surface area (Å²) < 4.78 is 18.9. The van der Waals surface area contributed by atoms with Gasteiger partial charge in [-0.05, 0) is 44.4 Å². The topological polar surface area (TPSA) is 61.8 Å². The number of aromatic nitrogens is 2. The van der Waals surface area contributed by atoms with E-state index in [0.29, 0.717) is 31.7 Å². The number of piperazine rings is 1. The van der Waals surface area contributed by atoms with Crippen LogP contribution in [-0.4, -0.2) is 67.2 Å². The number of carbonyl (C=O) groups is 1. The molecule has 0 unspecified atom stereocenters. The Morgan fingerprint density at radius 3 is 2.17 bits per heavy atom. The predicted molar refractivity (Wildman–Crippen MR) is 114 cm³/mol. The van der Waals surface area contributed by atoms with Crippen LogP contribution in [0.1, 0.15) is 35.4 Å². The van der Waals surface area contributed by atoms with Crippen LogP contribution < -0.4 is 14.5 Å². The van der Waals surface area contributed by atoms with Crippen LogP contribution in [0.25, 0.3) is 0 Å². The first-order valence-electron chi connectivity index (χ1n) is 10.5. The molecule has 0 atom stereocenters. The van der Waals surface area contributed by atoms with Gasteiger partial charge in [0.05, 0.1) is 7.11 Å². The number of methoxy groups -OCH3 is 1. The van der Waals surface area contributed by atoms with E-state index in [1.165, 1.54) is 38.5 Å². The second-order valence-corrected chi connectivity index (χ2v) is 7.81.